The van der Waals surface area contributed by atoms with Crippen LogP contribution in [0.15, 0.2) is 42.5 Å². The molecule has 0 saturated heterocycles. The summed E-state index contributed by atoms with van der Waals surface area (Å²) in [5.74, 6) is -0.191. The lowest BCUT2D eigenvalue weighted by Gasteiger charge is -2.08. The highest BCUT2D eigenvalue weighted by Crippen LogP contribution is 2.21. The van der Waals surface area contributed by atoms with E-state index < -0.39 is 0 Å². The second-order valence-electron chi connectivity index (χ2n) is 3.92. The third kappa shape index (κ3) is 3.03. The van der Waals surface area contributed by atoms with Gasteiger partial charge in [-0.3, -0.25) is 4.79 Å². The van der Waals surface area contributed by atoms with Crippen molar-refractivity contribution in [1.82, 2.24) is 0 Å². The van der Waals surface area contributed by atoms with Crippen molar-refractivity contribution >= 4 is 45.8 Å². The number of anilines is 1. The zero-order valence-electron chi connectivity index (χ0n) is 9.71. The highest BCUT2D eigenvalue weighted by Gasteiger charge is 2.11. The Morgan fingerprint density at radius 3 is 2.61 bits per heavy atom. The van der Waals surface area contributed by atoms with Gasteiger partial charge in [0, 0.05) is 3.57 Å². The first-order chi connectivity index (χ1) is 8.58. The molecule has 0 heterocycles. The summed E-state index contributed by atoms with van der Waals surface area (Å²) in [6.07, 6.45) is 0. The van der Waals surface area contributed by atoms with Crippen molar-refractivity contribution in [2.24, 2.45) is 0 Å². The first-order valence-electron chi connectivity index (χ1n) is 5.40. The van der Waals surface area contributed by atoms with Gasteiger partial charge < -0.3 is 5.32 Å². The van der Waals surface area contributed by atoms with Crippen molar-refractivity contribution in [3.05, 3.63) is 62.2 Å². The van der Waals surface area contributed by atoms with E-state index in [1.54, 1.807) is 12.1 Å². The molecule has 0 atom stereocenters. The van der Waals surface area contributed by atoms with Crippen LogP contribution in [0, 0.1) is 10.5 Å². The van der Waals surface area contributed by atoms with Crippen LogP contribution in [-0.2, 0) is 0 Å². The summed E-state index contributed by atoms with van der Waals surface area (Å²) in [6.45, 7) is 1.94. The highest BCUT2D eigenvalue weighted by molar-refractivity contribution is 14.1. The molecule has 4 heteroatoms. The Balaban J connectivity index is 2.25. The Hall–Kier alpha value is -1.07. The van der Waals surface area contributed by atoms with Crippen molar-refractivity contribution < 1.29 is 4.79 Å². The topological polar surface area (TPSA) is 29.1 Å². The van der Waals surface area contributed by atoms with Gasteiger partial charge in [0.15, 0.2) is 0 Å². The van der Waals surface area contributed by atoms with E-state index in [4.69, 9.17) is 11.6 Å². The number of hydrogen-bond acceptors (Lipinski definition) is 1. The fourth-order valence-electron chi connectivity index (χ4n) is 1.56. The van der Waals surface area contributed by atoms with E-state index in [9.17, 15) is 4.79 Å². The number of benzene rings is 2. The van der Waals surface area contributed by atoms with E-state index >= 15 is 0 Å². The van der Waals surface area contributed by atoms with Crippen molar-refractivity contribution in [2.45, 2.75) is 6.92 Å². The van der Waals surface area contributed by atoms with Crippen molar-refractivity contribution in [1.29, 1.82) is 0 Å². The summed E-state index contributed by atoms with van der Waals surface area (Å²) in [4.78, 5) is 12.1. The molecular weight excluding hydrogens is 361 g/mol. The van der Waals surface area contributed by atoms with Crippen LogP contribution in [0.2, 0.25) is 5.02 Å². The first kappa shape index (κ1) is 13.4. The quantitative estimate of drug-likeness (QED) is 0.774. The van der Waals surface area contributed by atoms with Crippen molar-refractivity contribution in [2.75, 3.05) is 5.32 Å². The molecule has 2 aromatic rings. The fourth-order valence-corrected chi connectivity index (χ4v) is 2.40. The Bertz CT molecular complexity index is 598. The summed E-state index contributed by atoms with van der Waals surface area (Å²) in [5, 5.41) is 3.33. The zero-order valence-corrected chi connectivity index (χ0v) is 12.6. The van der Waals surface area contributed by atoms with Crippen molar-refractivity contribution in [3.63, 3.8) is 0 Å². The summed E-state index contributed by atoms with van der Waals surface area (Å²) < 4.78 is 0.992. The van der Waals surface area contributed by atoms with Gasteiger partial charge in [0.25, 0.3) is 5.91 Å². The monoisotopic (exact) mass is 371 g/mol. The number of rotatable bonds is 2. The van der Waals surface area contributed by atoms with Crippen LogP contribution in [-0.4, -0.2) is 5.91 Å². The van der Waals surface area contributed by atoms with Crippen LogP contribution in [0.25, 0.3) is 0 Å². The van der Waals surface area contributed by atoms with Crippen LogP contribution >= 0.6 is 34.2 Å². The molecule has 92 valence electrons. The molecular formula is C14H11ClINO. The Morgan fingerprint density at radius 1 is 1.22 bits per heavy atom. The van der Waals surface area contributed by atoms with Crippen molar-refractivity contribution in [3.8, 4) is 0 Å². The van der Waals surface area contributed by atoms with E-state index in [-0.39, 0.29) is 5.91 Å². The van der Waals surface area contributed by atoms with Gasteiger partial charge in [0.2, 0.25) is 0 Å². The molecule has 0 fully saturated rings. The van der Waals surface area contributed by atoms with Gasteiger partial charge >= 0.3 is 0 Å². The molecule has 0 aliphatic heterocycles. The smallest absolute Gasteiger partial charge is 0.257 e. The van der Waals surface area contributed by atoms with Gasteiger partial charge in [-0.05, 0) is 59.3 Å². The third-order valence-corrected chi connectivity index (χ3v) is 3.74. The van der Waals surface area contributed by atoms with Gasteiger partial charge in [0.05, 0.1) is 16.3 Å². The maximum absolute atomic E-state index is 12.1. The lowest BCUT2D eigenvalue weighted by molar-refractivity contribution is 0.102. The Labute approximate surface area is 124 Å². The zero-order chi connectivity index (χ0) is 13.1. The van der Waals surface area contributed by atoms with E-state index in [1.165, 1.54) is 0 Å². The highest BCUT2D eigenvalue weighted by atomic mass is 127. The molecule has 0 bridgehead atoms. The standard InChI is InChI=1S/C14H11ClINO/c1-9-6-7-10(11(15)8-9)14(18)17-13-5-3-2-4-12(13)16/h2-8H,1H3,(H,17,18). The molecule has 0 unspecified atom stereocenters. The number of aryl methyl sites for hydroxylation is 1. The molecule has 0 spiro atoms. The van der Waals surface area contributed by atoms with E-state index in [2.05, 4.69) is 27.9 Å². The normalized spacial score (nSPS) is 10.2. The average molecular weight is 372 g/mol. The lowest BCUT2D eigenvalue weighted by Crippen LogP contribution is -2.13. The number of nitrogens with one attached hydrogen (secondary N) is 1. The number of para-hydroxylation sites is 1. The molecule has 0 aliphatic rings. The molecule has 1 amide bonds. The second-order valence-corrected chi connectivity index (χ2v) is 5.49. The molecule has 2 nitrogen and oxygen atoms in total. The fraction of sp³-hybridized carbons (Fsp3) is 0.0714. The van der Waals surface area contributed by atoms with Gasteiger partial charge in [-0.1, -0.05) is 29.8 Å². The lowest BCUT2D eigenvalue weighted by atomic mass is 10.1. The number of carbonyl (C=O) groups excluding carboxylic acids is 1. The van der Waals surface area contributed by atoms with Gasteiger partial charge in [0.1, 0.15) is 0 Å². The molecule has 0 aliphatic carbocycles. The van der Waals surface area contributed by atoms with Crippen LogP contribution in [0.3, 0.4) is 0 Å². The first-order valence-corrected chi connectivity index (χ1v) is 6.85. The molecule has 18 heavy (non-hydrogen) atoms. The number of amides is 1. The third-order valence-electron chi connectivity index (χ3n) is 2.49. The largest absolute Gasteiger partial charge is 0.321 e. The maximum atomic E-state index is 12.1. The van der Waals surface area contributed by atoms with Gasteiger partial charge in [-0.15, -0.1) is 0 Å². The van der Waals surface area contributed by atoms with Crippen LogP contribution in [0.4, 0.5) is 5.69 Å². The number of halogens is 2. The van der Waals surface area contributed by atoms with E-state index in [0.717, 1.165) is 14.8 Å². The summed E-state index contributed by atoms with van der Waals surface area (Å²) >= 11 is 8.25. The predicted molar refractivity (Wildman–Crippen MR) is 83.3 cm³/mol. The van der Waals surface area contributed by atoms with Crippen LogP contribution in [0.1, 0.15) is 15.9 Å². The molecule has 1 N–H and O–H groups in total. The molecule has 0 radical (unpaired) electrons. The van der Waals surface area contributed by atoms with Gasteiger partial charge in [-0.25, -0.2) is 0 Å². The van der Waals surface area contributed by atoms with E-state index in [1.807, 2.05) is 37.3 Å². The molecule has 0 aromatic heterocycles. The SMILES string of the molecule is Cc1ccc(C(=O)Nc2ccccc2I)c(Cl)c1. The maximum Gasteiger partial charge on any atom is 0.257 e. The van der Waals surface area contributed by atoms with Gasteiger partial charge in [-0.2, -0.15) is 0 Å². The average Bonchev–Trinajstić information content (AvgIpc) is 2.32. The minimum Gasteiger partial charge on any atom is -0.321 e. The molecule has 2 rings (SSSR count). The summed E-state index contributed by atoms with van der Waals surface area (Å²) in [6, 6.07) is 13.0. The minimum absolute atomic E-state index is 0.191. The second kappa shape index (κ2) is 5.71. The van der Waals surface area contributed by atoms with Crippen LogP contribution < -0.4 is 5.32 Å². The summed E-state index contributed by atoms with van der Waals surface area (Å²) in [5.41, 5.74) is 2.31. The Morgan fingerprint density at radius 2 is 1.94 bits per heavy atom. The molecule has 2 aromatic carbocycles. The predicted octanol–water partition coefficient (Wildman–Crippen LogP) is 4.51. The van der Waals surface area contributed by atoms with Crippen LogP contribution in [0.5, 0.6) is 0 Å². The number of carbonyl (C=O) groups is 1. The Kier molecular flexibility index (Phi) is 4.24. The summed E-state index contributed by atoms with van der Waals surface area (Å²) in [7, 11) is 0. The number of hydrogen-bond donors (Lipinski definition) is 1. The molecule has 0 saturated carbocycles. The van der Waals surface area contributed by atoms with E-state index in [0.29, 0.717) is 10.6 Å². The minimum atomic E-state index is -0.191.